The molecule has 3 aromatic heterocycles. The second kappa shape index (κ2) is 26.5. The van der Waals surface area contributed by atoms with E-state index in [0.717, 1.165) is 92.3 Å². The fourth-order valence-corrected chi connectivity index (χ4v) is 10.7. The molecule has 426 valence electrons. The minimum atomic E-state index is -0.496. The molecule has 0 saturated carbocycles. The highest BCUT2D eigenvalue weighted by atomic mass is 35.5. The summed E-state index contributed by atoms with van der Waals surface area (Å²) in [6, 6.07) is 45.2. The summed E-state index contributed by atoms with van der Waals surface area (Å²) in [5.41, 5.74) is 23.2. The Morgan fingerprint density at radius 3 is 1.11 bits per heavy atom. The van der Waals surface area contributed by atoms with E-state index in [2.05, 4.69) is 104 Å². The monoisotopic (exact) mass is 1130 g/mol. The third-order valence-electron chi connectivity index (χ3n) is 15.3. The molecule has 9 N–H and O–H groups in total. The molecular formula is C64H70ClN15O3. The van der Waals surface area contributed by atoms with E-state index in [0.29, 0.717) is 68.0 Å². The van der Waals surface area contributed by atoms with Gasteiger partial charge in [-0.2, -0.15) is 0 Å². The zero-order valence-electron chi connectivity index (χ0n) is 47.1. The Balaban J connectivity index is 0.000000139. The molecule has 0 unspecified atom stereocenters. The van der Waals surface area contributed by atoms with E-state index >= 15 is 0 Å². The van der Waals surface area contributed by atoms with Gasteiger partial charge in [0.2, 0.25) is 0 Å². The summed E-state index contributed by atoms with van der Waals surface area (Å²) >= 11 is 6.07. The van der Waals surface area contributed by atoms with Crippen LogP contribution in [0.1, 0.15) is 110 Å². The smallest absolute Gasteiger partial charge is 0.250 e. The van der Waals surface area contributed by atoms with Gasteiger partial charge in [0.05, 0.1) is 51.4 Å². The molecule has 3 amide bonds. The molecule has 0 radical (unpaired) electrons. The van der Waals surface area contributed by atoms with E-state index in [1.807, 2.05) is 87.5 Å². The van der Waals surface area contributed by atoms with Gasteiger partial charge in [-0.05, 0) is 138 Å². The van der Waals surface area contributed by atoms with Gasteiger partial charge in [0.1, 0.15) is 34.9 Å². The lowest BCUT2D eigenvalue weighted by atomic mass is 10.0. The lowest BCUT2D eigenvalue weighted by Crippen LogP contribution is -2.41. The zero-order valence-corrected chi connectivity index (χ0v) is 47.8. The lowest BCUT2D eigenvalue weighted by Gasteiger charge is -2.35. The van der Waals surface area contributed by atoms with E-state index in [1.165, 1.54) is 30.4 Å². The number of nitrogens with zero attached hydrogens (tertiary/aromatic N) is 9. The molecule has 3 atom stereocenters. The number of anilines is 3. The highest BCUT2D eigenvalue weighted by molar-refractivity contribution is 6.30. The number of para-hydroxylation sites is 3. The Labute approximate surface area is 488 Å². The van der Waals surface area contributed by atoms with Crippen LogP contribution in [0.15, 0.2) is 140 Å². The van der Waals surface area contributed by atoms with Gasteiger partial charge in [0.25, 0.3) is 17.7 Å². The van der Waals surface area contributed by atoms with E-state index < -0.39 is 17.7 Å². The largest absolute Gasteiger partial charge is 0.366 e. The Morgan fingerprint density at radius 2 is 0.783 bits per heavy atom. The van der Waals surface area contributed by atoms with Crippen molar-refractivity contribution in [2.45, 2.75) is 64.6 Å². The first-order valence-electron chi connectivity index (χ1n) is 28.3. The Morgan fingerprint density at radius 1 is 0.446 bits per heavy atom. The van der Waals surface area contributed by atoms with Gasteiger partial charge in [-0.25, -0.2) is 29.9 Å². The molecule has 3 saturated heterocycles. The van der Waals surface area contributed by atoms with Crippen LogP contribution in [0.25, 0.3) is 32.7 Å². The van der Waals surface area contributed by atoms with Crippen molar-refractivity contribution in [1.82, 2.24) is 44.6 Å². The minimum Gasteiger partial charge on any atom is -0.366 e. The molecule has 83 heavy (non-hydrogen) atoms. The third-order valence-corrected chi connectivity index (χ3v) is 15.6. The fraction of sp³-hybridized carbons (Fsp3) is 0.297. The maximum absolute atomic E-state index is 11.9. The van der Waals surface area contributed by atoms with E-state index in [9.17, 15) is 14.4 Å². The first-order chi connectivity index (χ1) is 40.3. The first-order valence-corrected chi connectivity index (χ1v) is 28.7. The predicted molar refractivity (Wildman–Crippen MR) is 330 cm³/mol. The number of likely N-dealkylation sites (tertiary alicyclic amines) is 3. The summed E-state index contributed by atoms with van der Waals surface area (Å²) in [7, 11) is 0. The van der Waals surface area contributed by atoms with Crippen molar-refractivity contribution in [2.75, 3.05) is 74.9 Å². The maximum Gasteiger partial charge on any atom is 0.250 e. The standard InChI is InChI=1S/C22H25N5O.C21H22ClN5O.C21H23N5O/c1-2-19-25-20-16(21(23)28)10-6-11-17(20)22(26-19)24-18(14-27-12-7-13-27)15-8-4-3-5-9-15;1-13-24-19-16(20(23)28)4-2-5-17(19)21(25-13)26-18(12-27-10-3-11-27)14-6-8-15(22)9-7-14;1-14-23-19-16(20(22)27)9-5-10-17(19)21(24-14)25-18(13-26-11-6-12-26)15-7-3-2-4-8-15/h3-6,8-11,18H,2,7,12-14H2,1H3,(H2,23,28)(H,24,25,26);2,4-9,18H,3,10-12H2,1H3,(H2,23,28)(H,24,25,26);2-5,7-10,18H,6,11-13H2,1H3,(H2,22,27)(H,23,24,25)/t3*18-/m111/s1. The van der Waals surface area contributed by atoms with Gasteiger partial charge in [-0.1, -0.05) is 110 Å². The molecule has 6 heterocycles. The number of halogens is 1. The van der Waals surface area contributed by atoms with Crippen LogP contribution in [-0.4, -0.2) is 121 Å². The number of carbonyl (C=O) groups is 3. The number of nitrogens with one attached hydrogen (secondary N) is 3. The van der Waals surface area contributed by atoms with Crippen LogP contribution in [-0.2, 0) is 6.42 Å². The summed E-state index contributed by atoms with van der Waals surface area (Å²) in [4.78, 5) is 70.3. The van der Waals surface area contributed by atoms with Gasteiger partial charge in [0.15, 0.2) is 0 Å². The topological polar surface area (TPSA) is 252 Å². The number of hydrogen-bond acceptors (Lipinski definition) is 15. The number of hydrogen-bond donors (Lipinski definition) is 6. The summed E-state index contributed by atoms with van der Waals surface area (Å²) in [6.45, 7) is 15.0. The number of rotatable bonds is 19. The van der Waals surface area contributed by atoms with Crippen molar-refractivity contribution in [1.29, 1.82) is 0 Å². The molecule has 3 aliphatic rings. The molecule has 0 spiro atoms. The van der Waals surface area contributed by atoms with Crippen molar-refractivity contribution in [2.24, 2.45) is 17.2 Å². The van der Waals surface area contributed by atoms with Gasteiger partial charge in [-0.3, -0.25) is 14.4 Å². The number of primary amides is 3. The number of aryl methyl sites for hydroxylation is 3. The van der Waals surface area contributed by atoms with Crippen molar-refractivity contribution in [3.05, 3.63) is 195 Å². The Hall–Kier alpha value is -8.68. The van der Waals surface area contributed by atoms with Crippen LogP contribution < -0.4 is 33.2 Å². The summed E-state index contributed by atoms with van der Waals surface area (Å²) < 4.78 is 0. The molecule has 0 bridgehead atoms. The van der Waals surface area contributed by atoms with E-state index in [-0.39, 0.29) is 18.1 Å². The number of carbonyl (C=O) groups excluding carboxylic acids is 3. The van der Waals surface area contributed by atoms with Crippen molar-refractivity contribution in [3.63, 3.8) is 0 Å². The first kappa shape index (κ1) is 57.6. The molecule has 12 rings (SSSR count). The third kappa shape index (κ3) is 14.0. The van der Waals surface area contributed by atoms with Crippen LogP contribution >= 0.6 is 11.6 Å². The molecular weight excluding hydrogens is 1060 g/mol. The van der Waals surface area contributed by atoms with Crippen molar-refractivity contribution in [3.8, 4) is 0 Å². The van der Waals surface area contributed by atoms with Gasteiger partial charge in [0, 0.05) is 47.2 Å². The number of amides is 3. The van der Waals surface area contributed by atoms with Crippen molar-refractivity contribution >= 4 is 79.5 Å². The molecule has 0 aliphatic carbocycles. The minimum absolute atomic E-state index is 0.0345. The average molecular weight is 1130 g/mol. The number of fused-ring (bicyclic) bond motifs is 3. The normalized spacial score (nSPS) is 15.2. The number of aromatic nitrogens is 6. The zero-order chi connectivity index (χ0) is 58.0. The van der Waals surface area contributed by atoms with E-state index in [4.69, 9.17) is 33.8 Å². The summed E-state index contributed by atoms with van der Waals surface area (Å²) in [5, 5.41) is 13.9. The van der Waals surface area contributed by atoms with Crippen LogP contribution in [0.4, 0.5) is 17.5 Å². The van der Waals surface area contributed by atoms with Crippen LogP contribution in [0.3, 0.4) is 0 Å². The quantitative estimate of drug-likeness (QED) is 0.0441. The Kier molecular flexibility index (Phi) is 18.4. The second-order valence-electron chi connectivity index (χ2n) is 21.2. The second-order valence-corrected chi connectivity index (χ2v) is 21.6. The highest BCUT2D eigenvalue weighted by Crippen LogP contribution is 2.32. The van der Waals surface area contributed by atoms with Crippen LogP contribution in [0, 0.1) is 13.8 Å². The number of nitrogens with two attached hydrogens (primary N) is 3. The van der Waals surface area contributed by atoms with Gasteiger partial charge in [-0.15, -0.1) is 0 Å². The number of benzene rings is 6. The molecule has 9 aromatic rings. The fourth-order valence-electron chi connectivity index (χ4n) is 10.5. The molecule has 3 fully saturated rings. The molecule has 18 nitrogen and oxygen atoms in total. The molecule has 3 aliphatic heterocycles. The van der Waals surface area contributed by atoms with Gasteiger partial charge >= 0.3 is 0 Å². The van der Waals surface area contributed by atoms with Crippen LogP contribution in [0.5, 0.6) is 0 Å². The van der Waals surface area contributed by atoms with Gasteiger partial charge < -0.3 is 47.9 Å². The highest BCUT2D eigenvalue weighted by Gasteiger charge is 2.26. The lowest BCUT2D eigenvalue weighted by molar-refractivity contribution is 0.0993. The van der Waals surface area contributed by atoms with E-state index in [1.54, 1.807) is 24.3 Å². The molecule has 19 heteroatoms. The SMILES string of the molecule is CCc1nc(N[C@H](CN2CCC2)c2ccccc2)c2cccc(C(N)=O)c2n1.Cc1nc(N[C@H](CN2CCC2)c2ccc(Cl)cc2)c2cccc(C(N)=O)c2n1.Cc1nc(N[C@H](CN2CCC2)c2ccccc2)c2cccc(C(N)=O)c2n1. The average Bonchev–Trinajstić information content (AvgIpc) is 3.00. The predicted octanol–water partition coefficient (Wildman–Crippen LogP) is 9.60. The van der Waals surface area contributed by atoms with Crippen molar-refractivity contribution < 1.29 is 14.4 Å². The van der Waals surface area contributed by atoms with Crippen LogP contribution in [0.2, 0.25) is 5.02 Å². The Bertz CT molecular complexity index is 3750. The summed E-state index contributed by atoms with van der Waals surface area (Å²) in [6.07, 6.45) is 4.41. The summed E-state index contributed by atoms with van der Waals surface area (Å²) in [5.74, 6) is 2.61. The molecule has 6 aromatic carbocycles. The maximum atomic E-state index is 11.9.